The van der Waals surface area contributed by atoms with Gasteiger partial charge in [-0.05, 0) is 57.3 Å². The molecule has 17 heavy (non-hydrogen) atoms. The van der Waals surface area contributed by atoms with Crippen molar-refractivity contribution in [3.8, 4) is 0 Å². The van der Waals surface area contributed by atoms with Gasteiger partial charge in [0.05, 0.1) is 0 Å². The van der Waals surface area contributed by atoms with Crippen molar-refractivity contribution in [3.05, 3.63) is 29.3 Å². The number of benzene rings is 1. The van der Waals surface area contributed by atoms with Crippen molar-refractivity contribution in [2.75, 3.05) is 31.6 Å². The monoisotopic (exact) mass is 232 g/mol. The summed E-state index contributed by atoms with van der Waals surface area (Å²) in [6, 6.07) is 6.73. The lowest BCUT2D eigenvalue weighted by Crippen LogP contribution is -2.37. The molecule has 1 N–H and O–H groups in total. The highest BCUT2D eigenvalue weighted by molar-refractivity contribution is 5.53. The smallest absolute Gasteiger partial charge is 0.0393 e. The van der Waals surface area contributed by atoms with Crippen LogP contribution < -0.4 is 10.2 Å². The van der Waals surface area contributed by atoms with Gasteiger partial charge in [-0.2, -0.15) is 0 Å². The Morgan fingerprint density at radius 3 is 2.82 bits per heavy atom. The van der Waals surface area contributed by atoms with E-state index in [0.29, 0.717) is 0 Å². The normalized spacial score (nSPS) is 20.3. The Balaban J connectivity index is 2.00. The van der Waals surface area contributed by atoms with Crippen LogP contribution in [0.4, 0.5) is 5.69 Å². The lowest BCUT2D eigenvalue weighted by molar-refractivity contribution is 0.381. The van der Waals surface area contributed by atoms with Gasteiger partial charge in [0.25, 0.3) is 0 Å². The number of anilines is 1. The molecule has 0 aliphatic carbocycles. The van der Waals surface area contributed by atoms with E-state index < -0.39 is 0 Å². The van der Waals surface area contributed by atoms with Crippen LogP contribution in [0.2, 0.25) is 0 Å². The predicted molar refractivity (Wildman–Crippen MR) is 74.8 cm³/mol. The van der Waals surface area contributed by atoms with Crippen molar-refractivity contribution in [2.45, 2.75) is 26.7 Å². The van der Waals surface area contributed by atoms with Crippen molar-refractivity contribution >= 4 is 5.69 Å². The van der Waals surface area contributed by atoms with Crippen LogP contribution in [0.3, 0.4) is 0 Å². The zero-order valence-corrected chi connectivity index (χ0v) is 11.3. The van der Waals surface area contributed by atoms with Gasteiger partial charge in [-0.15, -0.1) is 0 Å². The standard InChI is InChI=1S/C15H24N2/c1-12-6-7-15(13(2)9-12)17(3)11-14-5-4-8-16-10-14/h6-7,9,14,16H,4-5,8,10-11H2,1-3H3. The summed E-state index contributed by atoms with van der Waals surface area (Å²) in [5, 5.41) is 3.49. The number of nitrogens with one attached hydrogen (secondary N) is 1. The molecule has 0 saturated carbocycles. The Kier molecular flexibility index (Phi) is 4.06. The van der Waals surface area contributed by atoms with Crippen LogP contribution in [0.25, 0.3) is 0 Å². The van der Waals surface area contributed by atoms with Gasteiger partial charge in [0.15, 0.2) is 0 Å². The van der Waals surface area contributed by atoms with Crippen LogP contribution in [-0.4, -0.2) is 26.7 Å². The molecule has 2 rings (SSSR count). The van der Waals surface area contributed by atoms with Crippen molar-refractivity contribution in [3.63, 3.8) is 0 Å². The van der Waals surface area contributed by atoms with Crippen LogP contribution in [0.1, 0.15) is 24.0 Å². The van der Waals surface area contributed by atoms with Crippen molar-refractivity contribution < 1.29 is 0 Å². The molecule has 2 heteroatoms. The lowest BCUT2D eigenvalue weighted by Gasteiger charge is -2.29. The second-order valence-electron chi connectivity index (χ2n) is 5.38. The van der Waals surface area contributed by atoms with E-state index in [4.69, 9.17) is 0 Å². The van der Waals surface area contributed by atoms with E-state index >= 15 is 0 Å². The predicted octanol–water partition coefficient (Wildman–Crippen LogP) is 2.74. The molecule has 1 aromatic carbocycles. The summed E-state index contributed by atoms with van der Waals surface area (Å²) in [7, 11) is 2.21. The van der Waals surface area contributed by atoms with Gasteiger partial charge in [0, 0.05) is 19.3 Å². The molecule has 1 aliphatic heterocycles. The first kappa shape index (κ1) is 12.4. The minimum atomic E-state index is 0.800. The van der Waals surface area contributed by atoms with Crippen molar-refractivity contribution in [1.82, 2.24) is 5.32 Å². The van der Waals surface area contributed by atoms with Crippen molar-refractivity contribution in [2.24, 2.45) is 5.92 Å². The average molecular weight is 232 g/mol. The summed E-state index contributed by atoms with van der Waals surface area (Å²) in [6.07, 6.45) is 2.69. The molecule has 0 bridgehead atoms. The Bertz CT molecular complexity index is 367. The van der Waals surface area contributed by atoms with E-state index in [9.17, 15) is 0 Å². The summed E-state index contributed by atoms with van der Waals surface area (Å²) in [4.78, 5) is 2.41. The van der Waals surface area contributed by atoms with Crippen molar-refractivity contribution in [1.29, 1.82) is 0 Å². The lowest BCUT2D eigenvalue weighted by atomic mass is 9.98. The summed E-state index contributed by atoms with van der Waals surface area (Å²) < 4.78 is 0. The molecular weight excluding hydrogens is 208 g/mol. The molecule has 1 atom stereocenters. The summed E-state index contributed by atoms with van der Waals surface area (Å²) in [5.74, 6) is 0.800. The van der Waals surface area contributed by atoms with E-state index in [1.807, 2.05) is 0 Å². The number of hydrogen-bond donors (Lipinski definition) is 1. The molecule has 2 nitrogen and oxygen atoms in total. The first-order valence-electron chi connectivity index (χ1n) is 6.66. The number of hydrogen-bond acceptors (Lipinski definition) is 2. The highest BCUT2D eigenvalue weighted by atomic mass is 15.1. The number of nitrogens with zero attached hydrogens (tertiary/aromatic N) is 1. The maximum absolute atomic E-state index is 3.49. The first-order valence-corrected chi connectivity index (χ1v) is 6.66. The summed E-state index contributed by atoms with van der Waals surface area (Å²) >= 11 is 0. The quantitative estimate of drug-likeness (QED) is 0.862. The molecular formula is C15H24N2. The van der Waals surface area contributed by atoms with Crippen LogP contribution in [0, 0.1) is 19.8 Å². The average Bonchev–Trinajstić information content (AvgIpc) is 2.30. The second kappa shape index (κ2) is 5.54. The number of aryl methyl sites for hydroxylation is 2. The van der Waals surface area contributed by atoms with Gasteiger partial charge in [0.2, 0.25) is 0 Å². The molecule has 1 aromatic rings. The van der Waals surface area contributed by atoms with Crippen LogP contribution >= 0.6 is 0 Å². The van der Waals surface area contributed by atoms with Gasteiger partial charge in [-0.25, -0.2) is 0 Å². The molecule has 0 radical (unpaired) electrons. The molecule has 1 unspecified atom stereocenters. The van der Waals surface area contributed by atoms with Gasteiger partial charge in [0.1, 0.15) is 0 Å². The Labute approximate surface area is 105 Å². The summed E-state index contributed by atoms with van der Waals surface area (Å²) in [6.45, 7) is 7.90. The Hall–Kier alpha value is -1.02. The number of piperidine rings is 1. The molecule has 1 aliphatic rings. The van der Waals surface area contributed by atoms with E-state index in [0.717, 1.165) is 12.5 Å². The van der Waals surface area contributed by atoms with Crippen LogP contribution in [0.5, 0.6) is 0 Å². The summed E-state index contributed by atoms with van der Waals surface area (Å²) in [5.41, 5.74) is 4.11. The third-order valence-electron chi connectivity index (χ3n) is 3.69. The van der Waals surface area contributed by atoms with Gasteiger partial charge in [-0.1, -0.05) is 17.7 Å². The Morgan fingerprint density at radius 2 is 2.18 bits per heavy atom. The van der Waals surface area contributed by atoms with Crippen LogP contribution in [0.15, 0.2) is 18.2 Å². The van der Waals surface area contributed by atoms with Gasteiger partial charge in [-0.3, -0.25) is 0 Å². The Morgan fingerprint density at radius 1 is 1.35 bits per heavy atom. The SMILES string of the molecule is Cc1ccc(N(C)CC2CCCNC2)c(C)c1. The van der Waals surface area contributed by atoms with Gasteiger partial charge >= 0.3 is 0 Å². The number of rotatable bonds is 3. The molecule has 1 heterocycles. The molecule has 0 spiro atoms. The third kappa shape index (κ3) is 3.22. The molecule has 1 fully saturated rings. The molecule has 1 saturated heterocycles. The topological polar surface area (TPSA) is 15.3 Å². The van der Waals surface area contributed by atoms with E-state index in [1.165, 1.54) is 42.7 Å². The van der Waals surface area contributed by atoms with E-state index in [-0.39, 0.29) is 0 Å². The minimum Gasteiger partial charge on any atom is -0.374 e. The fourth-order valence-electron chi connectivity index (χ4n) is 2.80. The maximum atomic E-state index is 3.49. The largest absolute Gasteiger partial charge is 0.374 e. The maximum Gasteiger partial charge on any atom is 0.0393 e. The van der Waals surface area contributed by atoms with E-state index in [1.54, 1.807) is 0 Å². The second-order valence-corrected chi connectivity index (χ2v) is 5.38. The highest BCUT2D eigenvalue weighted by Crippen LogP contribution is 2.22. The fourth-order valence-corrected chi connectivity index (χ4v) is 2.80. The highest BCUT2D eigenvalue weighted by Gasteiger charge is 2.15. The molecule has 94 valence electrons. The van der Waals surface area contributed by atoms with Crippen LogP contribution in [-0.2, 0) is 0 Å². The molecule has 0 aromatic heterocycles. The van der Waals surface area contributed by atoms with E-state index in [2.05, 4.69) is 49.3 Å². The molecule has 0 amide bonds. The first-order chi connectivity index (χ1) is 8.16. The third-order valence-corrected chi connectivity index (χ3v) is 3.69. The minimum absolute atomic E-state index is 0.800. The van der Waals surface area contributed by atoms with Gasteiger partial charge < -0.3 is 10.2 Å². The zero-order chi connectivity index (χ0) is 12.3. The zero-order valence-electron chi connectivity index (χ0n) is 11.3. The fraction of sp³-hybridized carbons (Fsp3) is 0.600.